The number of benzene rings is 1. The Labute approximate surface area is 107 Å². The summed E-state index contributed by atoms with van der Waals surface area (Å²) in [7, 11) is 0. The number of rotatable bonds is 3. The minimum atomic E-state index is -0.491. The summed E-state index contributed by atoms with van der Waals surface area (Å²) < 4.78 is 0. The van der Waals surface area contributed by atoms with Gasteiger partial charge in [-0.05, 0) is 43.9 Å². The summed E-state index contributed by atoms with van der Waals surface area (Å²) in [6.45, 7) is 2.89. The lowest BCUT2D eigenvalue weighted by Crippen LogP contribution is -2.46. The number of likely N-dealkylation sites (tertiary alicyclic amines) is 1. The van der Waals surface area contributed by atoms with Crippen molar-refractivity contribution in [2.24, 2.45) is 5.73 Å². The Morgan fingerprint density at radius 2 is 2.17 bits per heavy atom. The van der Waals surface area contributed by atoms with Crippen molar-refractivity contribution in [3.63, 3.8) is 0 Å². The van der Waals surface area contributed by atoms with Gasteiger partial charge in [-0.25, -0.2) is 0 Å². The molecule has 4 nitrogen and oxygen atoms in total. The summed E-state index contributed by atoms with van der Waals surface area (Å²) >= 11 is 0. The van der Waals surface area contributed by atoms with Crippen molar-refractivity contribution in [1.82, 2.24) is 4.90 Å². The molecular weight excluding hydrogens is 228 g/mol. The van der Waals surface area contributed by atoms with Crippen LogP contribution in [0.3, 0.4) is 0 Å². The van der Waals surface area contributed by atoms with Crippen LogP contribution in [0.4, 0.5) is 0 Å². The molecule has 1 aliphatic heterocycles. The van der Waals surface area contributed by atoms with Crippen molar-refractivity contribution in [1.29, 1.82) is 0 Å². The molecule has 4 heteroatoms. The third kappa shape index (κ3) is 2.82. The number of hydrogen-bond donors (Lipinski definition) is 2. The number of phenolic OH excluding ortho intramolecular Hbond substituents is 1. The molecule has 0 aromatic heterocycles. The third-order valence-electron chi connectivity index (χ3n) is 3.55. The second kappa shape index (κ2) is 5.40. The lowest BCUT2D eigenvalue weighted by molar-refractivity contribution is -0.133. The normalized spacial score (nSPS) is 21.0. The molecule has 0 bridgehead atoms. The zero-order chi connectivity index (χ0) is 13.1. The van der Waals surface area contributed by atoms with Gasteiger partial charge in [0.2, 0.25) is 5.91 Å². The van der Waals surface area contributed by atoms with Gasteiger partial charge in [0.05, 0.1) is 6.04 Å². The number of amides is 1. The number of aromatic hydroxyl groups is 1. The Morgan fingerprint density at radius 3 is 2.72 bits per heavy atom. The zero-order valence-electron chi connectivity index (χ0n) is 10.7. The number of hydrogen-bond acceptors (Lipinski definition) is 3. The van der Waals surface area contributed by atoms with Gasteiger partial charge in [0.15, 0.2) is 0 Å². The van der Waals surface area contributed by atoms with Crippen molar-refractivity contribution < 1.29 is 9.90 Å². The van der Waals surface area contributed by atoms with E-state index in [1.165, 1.54) is 0 Å². The maximum Gasteiger partial charge on any atom is 0.240 e. The summed E-state index contributed by atoms with van der Waals surface area (Å²) in [5.41, 5.74) is 6.95. The van der Waals surface area contributed by atoms with Gasteiger partial charge in [-0.1, -0.05) is 12.1 Å². The Hall–Kier alpha value is -1.55. The van der Waals surface area contributed by atoms with Gasteiger partial charge < -0.3 is 15.7 Å². The highest BCUT2D eigenvalue weighted by Crippen LogP contribution is 2.18. The molecule has 98 valence electrons. The summed E-state index contributed by atoms with van der Waals surface area (Å²) in [6.07, 6.45) is 2.65. The number of nitrogens with two attached hydrogens (primary N) is 1. The van der Waals surface area contributed by atoms with Crippen molar-refractivity contribution in [2.45, 2.75) is 38.3 Å². The minimum absolute atomic E-state index is 0.0353. The van der Waals surface area contributed by atoms with E-state index >= 15 is 0 Å². The van der Waals surface area contributed by atoms with Gasteiger partial charge in [0, 0.05) is 12.6 Å². The van der Waals surface area contributed by atoms with Crippen LogP contribution in [0.5, 0.6) is 5.75 Å². The highest BCUT2D eigenvalue weighted by Gasteiger charge is 2.28. The molecule has 1 amide bonds. The predicted molar refractivity (Wildman–Crippen MR) is 70.2 cm³/mol. The van der Waals surface area contributed by atoms with E-state index in [4.69, 9.17) is 5.73 Å². The van der Waals surface area contributed by atoms with Crippen LogP contribution < -0.4 is 5.73 Å². The Morgan fingerprint density at radius 1 is 1.50 bits per heavy atom. The lowest BCUT2D eigenvalue weighted by atomic mass is 10.1. The van der Waals surface area contributed by atoms with E-state index in [1.807, 2.05) is 4.90 Å². The van der Waals surface area contributed by atoms with Crippen LogP contribution >= 0.6 is 0 Å². The first-order valence-corrected chi connectivity index (χ1v) is 6.42. The van der Waals surface area contributed by atoms with E-state index in [0.717, 1.165) is 24.9 Å². The highest BCUT2D eigenvalue weighted by atomic mass is 16.3. The van der Waals surface area contributed by atoms with Crippen LogP contribution in [-0.2, 0) is 11.2 Å². The molecule has 1 aromatic rings. The maximum absolute atomic E-state index is 12.2. The Balaban J connectivity index is 1.97. The number of phenols is 1. The number of nitrogens with zero attached hydrogens (tertiary/aromatic N) is 1. The Bertz CT molecular complexity index is 416. The van der Waals surface area contributed by atoms with Crippen LogP contribution in [0.1, 0.15) is 25.3 Å². The first-order chi connectivity index (χ1) is 8.58. The van der Waals surface area contributed by atoms with Gasteiger partial charge in [-0.2, -0.15) is 0 Å². The van der Waals surface area contributed by atoms with E-state index in [0.29, 0.717) is 12.5 Å². The smallest absolute Gasteiger partial charge is 0.240 e. The SMILES string of the molecule is CC1CCCN1C(=O)[C@@H](N)Cc1ccc(O)cc1. The molecule has 2 atom stereocenters. The van der Waals surface area contributed by atoms with E-state index in [9.17, 15) is 9.90 Å². The molecule has 18 heavy (non-hydrogen) atoms. The highest BCUT2D eigenvalue weighted by molar-refractivity contribution is 5.82. The van der Waals surface area contributed by atoms with E-state index in [2.05, 4.69) is 6.92 Å². The first-order valence-electron chi connectivity index (χ1n) is 6.42. The number of carbonyl (C=O) groups excluding carboxylic acids is 1. The van der Waals surface area contributed by atoms with Gasteiger partial charge in [0.25, 0.3) is 0 Å². The molecule has 0 saturated carbocycles. The zero-order valence-corrected chi connectivity index (χ0v) is 10.7. The molecular formula is C14H20N2O2. The van der Waals surface area contributed by atoms with Gasteiger partial charge in [-0.15, -0.1) is 0 Å². The fourth-order valence-electron chi connectivity index (χ4n) is 2.45. The molecule has 1 heterocycles. The Kier molecular flexibility index (Phi) is 3.87. The second-order valence-electron chi connectivity index (χ2n) is 5.00. The van der Waals surface area contributed by atoms with Crippen LogP contribution in [0, 0.1) is 0 Å². The first kappa shape index (κ1) is 12.9. The van der Waals surface area contributed by atoms with Crippen LogP contribution in [0.15, 0.2) is 24.3 Å². The molecule has 0 spiro atoms. The molecule has 1 aliphatic rings. The average Bonchev–Trinajstić information content (AvgIpc) is 2.77. The van der Waals surface area contributed by atoms with E-state index < -0.39 is 6.04 Å². The molecule has 3 N–H and O–H groups in total. The quantitative estimate of drug-likeness (QED) is 0.846. The maximum atomic E-state index is 12.2. The molecule has 2 rings (SSSR count). The van der Waals surface area contributed by atoms with E-state index in [-0.39, 0.29) is 11.7 Å². The average molecular weight is 248 g/mol. The summed E-state index contributed by atoms with van der Waals surface area (Å²) in [6, 6.07) is 6.65. The van der Waals surface area contributed by atoms with Gasteiger partial charge in [0.1, 0.15) is 5.75 Å². The lowest BCUT2D eigenvalue weighted by Gasteiger charge is -2.25. The monoisotopic (exact) mass is 248 g/mol. The molecule has 0 aliphatic carbocycles. The number of carbonyl (C=O) groups is 1. The van der Waals surface area contributed by atoms with Crippen LogP contribution in [0.25, 0.3) is 0 Å². The molecule has 1 saturated heterocycles. The summed E-state index contributed by atoms with van der Waals surface area (Å²) in [4.78, 5) is 14.1. The second-order valence-corrected chi connectivity index (χ2v) is 5.00. The summed E-state index contributed by atoms with van der Waals surface area (Å²) in [5.74, 6) is 0.264. The van der Waals surface area contributed by atoms with Crippen LogP contribution in [-0.4, -0.2) is 34.5 Å². The van der Waals surface area contributed by atoms with Gasteiger partial charge in [-0.3, -0.25) is 4.79 Å². The largest absolute Gasteiger partial charge is 0.508 e. The third-order valence-corrected chi connectivity index (χ3v) is 3.55. The fraction of sp³-hybridized carbons (Fsp3) is 0.500. The summed E-state index contributed by atoms with van der Waals surface area (Å²) in [5, 5.41) is 9.20. The van der Waals surface area contributed by atoms with Crippen molar-refractivity contribution in [3.8, 4) is 5.75 Å². The predicted octanol–water partition coefficient (Wildman–Crippen LogP) is 1.27. The van der Waals surface area contributed by atoms with E-state index in [1.54, 1.807) is 24.3 Å². The van der Waals surface area contributed by atoms with Crippen molar-refractivity contribution >= 4 is 5.91 Å². The van der Waals surface area contributed by atoms with Gasteiger partial charge >= 0.3 is 0 Å². The standard InChI is InChI=1S/C14H20N2O2/c1-10-3-2-8-16(10)14(18)13(15)9-11-4-6-12(17)7-5-11/h4-7,10,13,17H,2-3,8-9,15H2,1H3/t10?,13-/m0/s1. The van der Waals surface area contributed by atoms with Crippen molar-refractivity contribution in [3.05, 3.63) is 29.8 Å². The van der Waals surface area contributed by atoms with Crippen molar-refractivity contribution in [2.75, 3.05) is 6.54 Å². The topological polar surface area (TPSA) is 66.6 Å². The fourth-order valence-corrected chi connectivity index (χ4v) is 2.45. The molecule has 0 radical (unpaired) electrons. The molecule has 1 aromatic carbocycles. The minimum Gasteiger partial charge on any atom is -0.508 e. The molecule has 1 unspecified atom stereocenters. The van der Waals surface area contributed by atoms with Crippen LogP contribution in [0.2, 0.25) is 0 Å². The molecule has 1 fully saturated rings.